The van der Waals surface area contributed by atoms with E-state index in [-0.39, 0.29) is 0 Å². The van der Waals surface area contributed by atoms with E-state index in [2.05, 4.69) is 111 Å². The summed E-state index contributed by atoms with van der Waals surface area (Å²) in [4.78, 5) is 0. The van der Waals surface area contributed by atoms with Gasteiger partial charge in [-0.2, -0.15) is 0 Å². The first-order valence-corrected chi connectivity index (χ1v) is 9.78. The van der Waals surface area contributed by atoms with E-state index in [4.69, 9.17) is 0 Å². The summed E-state index contributed by atoms with van der Waals surface area (Å²) in [7, 11) is -1.01. The van der Waals surface area contributed by atoms with E-state index >= 15 is 0 Å². The molecule has 0 spiro atoms. The molecule has 0 aromatic heterocycles. The van der Waals surface area contributed by atoms with E-state index in [1.54, 1.807) is 0 Å². The van der Waals surface area contributed by atoms with Gasteiger partial charge < -0.3 is 0 Å². The van der Waals surface area contributed by atoms with Crippen molar-refractivity contribution in [2.45, 2.75) is 0 Å². The maximum Gasteiger partial charge on any atom is 0.156 e. The van der Waals surface area contributed by atoms with Crippen molar-refractivity contribution >= 4 is 56.2 Å². The van der Waals surface area contributed by atoms with Crippen LogP contribution in [0, 0.1) is 0 Å². The summed E-state index contributed by atoms with van der Waals surface area (Å²) in [5.41, 5.74) is 0. The number of hydrogen-bond acceptors (Lipinski definition) is 0. The van der Waals surface area contributed by atoms with Gasteiger partial charge in [0.1, 0.15) is 0 Å². The molecule has 0 nitrogen and oxygen atoms in total. The Kier molecular flexibility index (Phi) is 4.73. The average molecular weight is 417 g/mol. The molecule has 3 heteroatoms. The molecule has 0 fully saturated rings. The second-order valence-corrected chi connectivity index (χ2v) is 8.80. The fourth-order valence-corrected chi connectivity index (χ4v) is 6.42. The first-order chi connectivity index (χ1) is 10.3. The molecule has 3 rings (SSSR count). The predicted octanol–water partition coefficient (Wildman–Crippen LogP) is 3.73. The van der Waals surface area contributed by atoms with Crippen LogP contribution in [-0.4, -0.2) is 8.80 Å². The van der Waals surface area contributed by atoms with Crippen molar-refractivity contribution < 1.29 is 0 Å². The van der Waals surface area contributed by atoms with E-state index in [0.29, 0.717) is 0 Å². The van der Waals surface area contributed by atoms with Gasteiger partial charge in [0.25, 0.3) is 0 Å². The minimum absolute atomic E-state index is 1.01. The summed E-state index contributed by atoms with van der Waals surface area (Å²) in [5.74, 6) is 0. The Balaban J connectivity index is 2.20. The zero-order valence-electron chi connectivity index (χ0n) is 11.3. The van der Waals surface area contributed by atoms with Crippen molar-refractivity contribution in [2.75, 3.05) is 0 Å². The summed E-state index contributed by atoms with van der Waals surface area (Å²) < 4.78 is 2.26. The Morgan fingerprint density at radius 2 is 1.10 bits per heavy atom. The van der Waals surface area contributed by atoms with Gasteiger partial charge in [-0.25, -0.2) is 0 Å². The first kappa shape index (κ1) is 14.8. The zero-order chi connectivity index (χ0) is 14.7. The lowest BCUT2D eigenvalue weighted by Crippen LogP contribution is -2.52. The molecule has 0 saturated heterocycles. The van der Waals surface area contributed by atoms with Gasteiger partial charge in [-0.05, 0) is 43.1 Å². The lowest BCUT2D eigenvalue weighted by molar-refractivity contribution is 1.63. The lowest BCUT2D eigenvalue weighted by atomic mass is 10.3. The van der Waals surface area contributed by atoms with Gasteiger partial charge in [0.15, 0.2) is 8.80 Å². The van der Waals surface area contributed by atoms with Crippen molar-refractivity contribution in [1.82, 2.24) is 0 Å². The van der Waals surface area contributed by atoms with Gasteiger partial charge in [-0.1, -0.05) is 83.2 Å². The fourth-order valence-electron chi connectivity index (χ4n) is 2.38. The average Bonchev–Trinajstić information content (AvgIpc) is 2.54. The van der Waals surface area contributed by atoms with Crippen molar-refractivity contribution in [1.29, 1.82) is 0 Å². The van der Waals surface area contributed by atoms with Crippen LogP contribution in [0.25, 0.3) is 0 Å². The zero-order valence-corrected chi connectivity index (χ0v) is 15.4. The van der Waals surface area contributed by atoms with Crippen molar-refractivity contribution in [3.8, 4) is 0 Å². The molecule has 103 valence electrons. The SMILES string of the molecule is Brc1cccc([Si](c2ccccc2)c2ccccc2)c1Br. The van der Waals surface area contributed by atoms with Crippen LogP contribution in [0.4, 0.5) is 0 Å². The molecule has 0 aliphatic rings. The van der Waals surface area contributed by atoms with Crippen LogP contribution in [0.1, 0.15) is 0 Å². The van der Waals surface area contributed by atoms with E-state index in [0.717, 1.165) is 8.95 Å². The smallest absolute Gasteiger partial charge is 0.0624 e. The Labute approximate surface area is 143 Å². The molecule has 0 bridgehead atoms. The molecular weight excluding hydrogens is 404 g/mol. The topological polar surface area (TPSA) is 0 Å². The van der Waals surface area contributed by atoms with Crippen LogP contribution in [-0.2, 0) is 0 Å². The van der Waals surface area contributed by atoms with Crippen LogP contribution in [0.2, 0.25) is 0 Å². The summed E-state index contributed by atoms with van der Waals surface area (Å²) in [5, 5.41) is 4.16. The van der Waals surface area contributed by atoms with Gasteiger partial charge >= 0.3 is 0 Å². The number of rotatable bonds is 3. The van der Waals surface area contributed by atoms with Gasteiger partial charge in [0.05, 0.1) is 0 Å². The number of halogens is 2. The molecule has 0 N–H and O–H groups in total. The highest BCUT2D eigenvalue weighted by atomic mass is 79.9. The maximum absolute atomic E-state index is 3.75. The van der Waals surface area contributed by atoms with E-state index in [1.165, 1.54) is 15.6 Å². The Morgan fingerprint density at radius 1 is 0.571 bits per heavy atom. The standard InChI is InChI=1S/C18H13Br2Si/c19-16-12-7-13-17(18(16)20)21(14-8-3-1-4-9-14)15-10-5-2-6-11-15/h1-13H. The highest BCUT2D eigenvalue weighted by molar-refractivity contribution is 9.13. The third-order valence-electron chi connectivity index (χ3n) is 3.35. The molecule has 0 aliphatic heterocycles. The summed E-state index contributed by atoms with van der Waals surface area (Å²) in [6.07, 6.45) is 0. The van der Waals surface area contributed by atoms with Crippen LogP contribution in [0.15, 0.2) is 87.8 Å². The molecule has 0 amide bonds. The summed E-state index contributed by atoms with van der Waals surface area (Å²) >= 11 is 7.38. The highest BCUT2D eigenvalue weighted by Gasteiger charge is 2.22. The Bertz CT molecular complexity index is 687. The molecule has 0 aliphatic carbocycles. The Morgan fingerprint density at radius 3 is 1.62 bits per heavy atom. The largest absolute Gasteiger partial charge is 0.156 e. The highest BCUT2D eigenvalue weighted by Crippen LogP contribution is 2.20. The van der Waals surface area contributed by atoms with E-state index < -0.39 is 8.80 Å². The number of hydrogen-bond donors (Lipinski definition) is 0. The van der Waals surface area contributed by atoms with E-state index in [9.17, 15) is 0 Å². The van der Waals surface area contributed by atoms with Gasteiger partial charge in [0, 0.05) is 8.95 Å². The molecule has 3 aromatic carbocycles. The quantitative estimate of drug-likeness (QED) is 0.450. The minimum atomic E-state index is -1.01. The molecule has 0 unspecified atom stereocenters. The second-order valence-electron chi connectivity index (χ2n) is 4.71. The van der Waals surface area contributed by atoms with Crippen molar-refractivity contribution in [2.24, 2.45) is 0 Å². The molecule has 21 heavy (non-hydrogen) atoms. The van der Waals surface area contributed by atoms with Crippen LogP contribution in [0.3, 0.4) is 0 Å². The van der Waals surface area contributed by atoms with Crippen LogP contribution >= 0.6 is 31.9 Å². The molecular formula is C18H13Br2Si. The molecule has 1 radical (unpaired) electrons. The van der Waals surface area contributed by atoms with E-state index in [1.807, 2.05) is 0 Å². The molecule has 0 heterocycles. The third-order valence-corrected chi connectivity index (χ3v) is 8.54. The lowest BCUT2D eigenvalue weighted by Gasteiger charge is -2.18. The van der Waals surface area contributed by atoms with Crippen LogP contribution < -0.4 is 15.6 Å². The third kappa shape index (κ3) is 3.20. The summed E-state index contributed by atoms with van der Waals surface area (Å²) in [6.45, 7) is 0. The van der Waals surface area contributed by atoms with Crippen molar-refractivity contribution in [3.05, 3.63) is 87.8 Å². The van der Waals surface area contributed by atoms with Crippen LogP contribution in [0.5, 0.6) is 0 Å². The normalized spacial score (nSPS) is 10.8. The minimum Gasteiger partial charge on any atom is -0.0624 e. The summed E-state index contributed by atoms with van der Waals surface area (Å²) in [6, 6.07) is 28.0. The van der Waals surface area contributed by atoms with Gasteiger partial charge in [-0.3, -0.25) is 0 Å². The Hall–Kier alpha value is -1.16. The fraction of sp³-hybridized carbons (Fsp3) is 0. The molecule has 3 aromatic rings. The first-order valence-electron chi connectivity index (χ1n) is 6.69. The van der Waals surface area contributed by atoms with Crippen molar-refractivity contribution in [3.63, 3.8) is 0 Å². The van der Waals surface area contributed by atoms with Gasteiger partial charge in [0.2, 0.25) is 0 Å². The van der Waals surface area contributed by atoms with Gasteiger partial charge in [-0.15, -0.1) is 0 Å². The second kappa shape index (κ2) is 6.73. The molecule has 0 saturated carbocycles. The monoisotopic (exact) mass is 415 g/mol. The number of benzene rings is 3. The maximum atomic E-state index is 3.75. The molecule has 0 atom stereocenters. The predicted molar refractivity (Wildman–Crippen MR) is 99.4 cm³/mol.